The van der Waals surface area contributed by atoms with Crippen LogP contribution in [0.5, 0.6) is 0 Å². The van der Waals surface area contributed by atoms with E-state index >= 15 is 0 Å². The molecule has 0 aliphatic carbocycles. The van der Waals surface area contributed by atoms with Crippen molar-refractivity contribution >= 4 is 32.7 Å². The second-order valence-corrected chi connectivity index (χ2v) is 8.48. The van der Waals surface area contributed by atoms with E-state index in [9.17, 15) is 31.2 Å². The van der Waals surface area contributed by atoms with Gasteiger partial charge in [-0.3, -0.25) is 9.59 Å². The Kier molecular flexibility index (Phi) is 6.40. The minimum absolute atomic E-state index is 0.142. The first kappa shape index (κ1) is 23.2. The lowest BCUT2D eigenvalue weighted by Gasteiger charge is -2.27. The summed E-state index contributed by atoms with van der Waals surface area (Å²) in [6, 6.07) is 7.41. The largest absolute Gasteiger partial charge is 0.525 e. The maximum absolute atomic E-state index is 12.7. The number of amides is 2. The maximum atomic E-state index is 12.7. The molecule has 1 aliphatic rings. The van der Waals surface area contributed by atoms with Crippen molar-refractivity contribution in [2.45, 2.75) is 44.7 Å². The molecule has 1 aliphatic heterocycles. The van der Waals surface area contributed by atoms with E-state index < -0.39 is 27.4 Å². The number of carbonyl (C=O) groups is 2. The molecule has 2 amide bonds. The van der Waals surface area contributed by atoms with Gasteiger partial charge < -0.3 is 4.74 Å². The van der Waals surface area contributed by atoms with Crippen molar-refractivity contribution in [2.75, 3.05) is 6.61 Å². The molecule has 0 saturated heterocycles. The summed E-state index contributed by atoms with van der Waals surface area (Å²) >= 11 is 0. The summed E-state index contributed by atoms with van der Waals surface area (Å²) in [6.07, 6.45) is 1.98. The molecule has 3 rings (SSSR count). The zero-order valence-electron chi connectivity index (χ0n) is 16.7. The average molecular weight is 459 g/mol. The first-order chi connectivity index (χ1) is 14.5. The number of imide groups is 1. The van der Waals surface area contributed by atoms with Gasteiger partial charge in [-0.05, 0) is 35.9 Å². The van der Waals surface area contributed by atoms with Gasteiger partial charge in [-0.2, -0.15) is 21.6 Å². The quantitative estimate of drug-likeness (QED) is 0.427. The molecule has 2 aromatic rings. The number of hydrogen-bond donors (Lipinski definition) is 0. The van der Waals surface area contributed by atoms with E-state index in [1.54, 1.807) is 12.1 Å². The second-order valence-electron chi connectivity index (χ2n) is 6.96. The molecule has 168 valence electrons. The molecule has 1 atom stereocenters. The van der Waals surface area contributed by atoms with Gasteiger partial charge in [0.2, 0.25) is 0 Å². The Morgan fingerprint density at radius 2 is 1.65 bits per heavy atom. The number of rotatable bonds is 8. The van der Waals surface area contributed by atoms with E-state index in [2.05, 4.69) is 4.28 Å². The van der Waals surface area contributed by atoms with Gasteiger partial charge in [0.15, 0.2) is 0 Å². The Morgan fingerprint density at radius 3 is 2.23 bits per heavy atom. The summed E-state index contributed by atoms with van der Waals surface area (Å²) in [5.74, 6) is -2.59. The molecule has 0 radical (unpaired) electrons. The van der Waals surface area contributed by atoms with Crippen LogP contribution in [0.3, 0.4) is 0 Å². The number of hydrogen-bond acceptors (Lipinski definition) is 6. The normalized spacial score (nSPS) is 15.6. The van der Waals surface area contributed by atoms with E-state index in [1.807, 2.05) is 13.8 Å². The highest BCUT2D eigenvalue weighted by atomic mass is 32.2. The van der Waals surface area contributed by atoms with Crippen molar-refractivity contribution in [3.05, 3.63) is 47.0 Å². The highest BCUT2D eigenvalue weighted by molar-refractivity contribution is 7.87. The van der Waals surface area contributed by atoms with Gasteiger partial charge in [0.1, 0.15) is 0 Å². The van der Waals surface area contributed by atoms with Crippen LogP contribution in [0.15, 0.2) is 30.3 Å². The lowest BCUT2D eigenvalue weighted by molar-refractivity contribution is -0.0761. The lowest BCUT2D eigenvalue weighted by Crippen LogP contribution is -2.44. The Balaban J connectivity index is 2.12. The summed E-state index contributed by atoms with van der Waals surface area (Å²) in [5.41, 5.74) is -5.35. The van der Waals surface area contributed by atoms with Crippen LogP contribution < -0.4 is 0 Å². The van der Waals surface area contributed by atoms with Gasteiger partial charge in [-0.25, -0.2) is 0 Å². The van der Waals surface area contributed by atoms with Crippen LogP contribution in [0.25, 0.3) is 10.8 Å². The zero-order chi connectivity index (χ0) is 23.0. The van der Waals surface area contributed by atoms with Crippen molar-refractivity contribution in [3.8, 4) is 0 Å². The fourth-order valence-electron chi connectivity index (χ4n) is 3.44. The van der Waals surface area contributed by atoms with E-state index in [1.165, 1.54) is 18.2 Å². The Morgan fingerprint density at radius 1 is 1.00 bits per heavy atom. The van der Waals surface area contributed by atoms with Crippen molar-refractivity contribution < 1.29 is 40.2 Å². The number of hydroxylamine groups is 2. The van der Waals surface area contributed by atoms with Gasteiger partial charge in [-0.1, -0.05) is 38.5 Å². The van der Waals surface area contributed by atoms with E-state index in [0.29, 0.717) is 18.4 Å². The zero-order valence-corrected chi connectivity index (χ0v) is 17.5. The fourth-order valence-corrected chi connectivity index (χ4v) is 3.85. The van der Waals surface area contributed by atoms with Gasteiger partial charge in [0.05, 0.1) is 17.2 Å². The fraction of sp³-hybridized carbons (Fsp3) is 0.400. The molecule has 1 unspecified atom stereocenters. The standard InChI is InChI=1S/C20H20F3NO6S/c1-3-6-16(29-11-4-2)12-9-10-15-17-13(12)7-5-8-14(17)18(25)24(19(15)26)30-31(27,28)20(21,22)23/h5,7-10,16H,3-4,6,11H2,1-2H3. The third-order valence-corrected chi connectivity index (χ3v) is 5.69. The molecule has 0 bridgehead atoms. The van der Waals surface area contributed by atoms with Crippen molar-refractivity contribution in [1.82, 2.24) is 5.06 Å². The predicted octanol–water partition coefficient (Wildman–Crippen LogP) is 4.48. The van der Waals surface area contributed by atoms with Gasteiger partial charge in [0.25, 0.3) is 11.8 Å². The van der Waals surface area contributed by atoms with E-state index in [4.69, 9.17) is 4.74 Å². The molecular weight excluding hydrogens is 439 g/mol. The highest BCUT2D eigenvalue weighted by Crippen LogP contribution is 2.37. The first-order valence-corrected chi connectivity index (χ1v) is 11.0. The van der Waals surface area contributed by atoms with Crippen LogP contribution in [0.4, 0.5) is 13.2 Å². The number of carbonyl (C=O) groups excluding carboxylic acids is 2. The molecular formula is C20H20F3NO6S. The third-order valence-electron chi connectivity index (χ3n) is 4.78. The monoisotopic (exact) mass is 459 g/mol. The summed E-state index contributed by atoms with van der Waals surface area (Å²) < 4.78 is 70.7. The topological polar surface area (TPSA) is 90.0 Å². The molecule has 0 aromatic heterocycles. The van der Waals surface area contributed by atoms with Crippen molar-refractivity contribution in [3.63, 3.8) is 0 Å². The summed E-state index contributed by atoms with van der Waals surface area (Å²) in [5, 5.41) is 0.390. The van der Waals surface area contributed by atoms with Crippen LogP contribution in [0, 0.1) is 0 Å². The van der Waals surface area contributed by atoms with Crippen LogP contribution in [0.1, 0.15) is 65.5 Å². The Hall–Kier alpha value is -2.50. The van der Waals surface area contributed by atoms with E-state index in [-0.39, 0.29) is 27.7 Å². The smallest absolute Gasteiger partial charge is 0.374 e. The van der Waals surface area contributed by atoms with Crippen LogP contribution in [0.2, 0.25) is 0 Å². The van der Waals surface area contributed by atoms with Gasteiger partial charge >= 0.3 is 15.6 Å². The third kappa shape index (κ3) is 4.17. The number of ether oxygens (including phenoxy) is 1. The van der Waals surface area contributed by atoms with Gasteiger partial charge in [0, 0.05) is 12.0 Å². The lowest BCUT2D eigenvalue weighted by atomic mass is 9.89. The number of nitrogens with zero attached hydrogens (tertiary/aromatic N) is 1. The Bertz CT molecular complexity index is 1110. The first-order valence-electron chi connectivity index (χ1n) is 9.60. The number of benzene rings is 2. The molecule has 0 saturated carbocycles. The molecule has 0 spiro atoms. The minimum atomic E-state index is -6.21. The summed E-state index contributed by atoms with van der Waals surface area (Å²) in [4.78, 5) is 25.4. The average Bonchev–Trinajstić information content (AvgIpc) is 2.71. The van der Waals surface area contributed by atoms with Crippen LogP contribution in [-0.4, -0.2) is 37.4 Å². The Labute approximate surface area is 176 Å². The highest BCUT2D eigenvalue weighted by Gasteiger charge is 2.51. The maximum Gasteiger partial charge on any atom is 0.525 e. The summed E-state index contributed by atoms with van der Waals surface area (Å²) in [6.45, 7) is 4.45. The molecule has 1 heterocycles. The van der Waals surface area contributed by atoms with Crippen LogP contribution in [-0.2, 0) is 19.1 Å². The number of halogens is 3. The SMILES string of the molecule is CCCOC(CCC)c1ccc2c3c(cccc13)C(=O)N(OS(=O)(=O)C(F)(F)F)C2=O. The minimum Gasteiger partial charge on any atom is -0.374 e. The predicted molar refractivity (Wildman–Crippen MR) is 104 cm³/mol. The van der Waals surface area contributed by atoms with E-state index in [0.717, 1.165) is 18.4 Å². The van der Waals surface area contributed by atoms with Crippen molar-refractivity contribution in [2.24, 2.45) is 0 Å². The number of alkyl halides is 3. The molecule has 0 N–H and O–H groups in total. The second kappa shape index (κ2) is 8.56. The molecule has 7 nitrogen and oxygen atoms in total. The van der Waals surface area contributed by atoms with Gasteiger partial charge in [-0.15, -0.1) is 9.35 Å². The molecule has 2 aromatic carbocycles. The molecule has 31 heavy (non-hydrogen) atoms. The molecule has 11 heteroatoms. The van der Waals surface area contributed by atoms with Crippen LogP contribution >= 0.6 is 0 Å². The molecule has 0 fully saturated rings. The summed E-state index contributed by atoms with van der Waals surface area (Å²) in [7, 11) is -6.21. The van der Waals surface area contributed by atoms with Crippen molar-refractivity contribution in [1.29, 1.82) is 0 Å².